The minimum Gasteiger partial charge on any atom is -0.393 e. The molecule has 0 fully saturated rings. The zero-order chi connectivity index (χ0) is 9.68. The summed E-state index contributed by atoms with van der Waals surface area (Å²) in [5, 5.41) is 3.98. The van der Waals surface area contributed by atoms with Crippen LogP contribution in [0.15, 0.2) is 29.4 Å². The van der Waals surface area contributed by atoms with Gasteiger partial charge in [0.2, 0.25) is 0 Å². The van der Waals surface area contributed by atoms with E-state index in [0.29, 0.717) is 0 Å². The SMILES string of the molecule is C/C(=N/OC(C)C)c1[c]cccc1. The molecule has 0 aliphatic carbocycles. The minimum atomic E-state index is 0.124. The molecule has 0 N–H and O–H groups in total. The summed E-state index contributed by atoms with van der Waals surface area (Å²) in [7, 11) is 0. The maximum Gasteiger partial charge on any atom is 0.122 e. The monoisotopic (exact) mass is 176 g/mol. The average molecular weight is 176 g/mol. The van der Waals surface area contributed by atoms with Crippen molar-refractivity contribution in [1.82, 2.24) is 0 Å². The molecule has 0 bridgehead atoms. The highest BCUT2D eigenvalue weighted by molar-refractivity contribution is 5.97. The Balaban J connectivity index is 2.68. The number of rotatable bonds is 3. The van der Waals surface area contributed by atoms with E-state index >= 15 is 0 Å². The molecule has 0 spiro atoms. The standard InChI is InChI=1S/C11H14NO/c1-9(2)13-12-10(3)11-7-5-4-6-8-11/h4-7,9H,1-3H3/b12-10-. The lowest BCUT2D eigenvalue weighted by atomic mass is 10.1. The first kappa shape index (κ1) is 9.78. The number of benzene rings is 1. The van der Waals surface area contributed by atoms with Crippen LogP contribution in [0.1, 0.15) is 26.3 Å². The Morgan fingerprint density at radius 1 is 1.46 bits per heavy atom. The average Bonchev–Trinajstić information content (AvgIpc) is 2.15. The van der Waals surface area contributed by atoms with Gasteiger partial charge < -0.3 is 4.84 Å². The van der Waals surface area contributed by atoms with Gasteiger partial charge in [0.1, 0.15) is 6.10 Å². The van der Waals surface area contributed by atoms with E-state index in [2.05, 4.69) is 11.2 Å². The Bertz CT molecular complexity index is 277. The molecule has 0 unspecified atom stereocenters. The number of hydrogen-bond acceptors (Lipinski definition) is 2. The van der Waals surface area contributed by atoms with Crippen LogP contribution >= 0.6 is 0 Å². The Hall–Kier alpha value is -1.31. The van der Waals surface area contributed by atoms with Crippen molar-refractivity contribution in [3.8, 4) is 0 Å². The molecule has 1 aromatic carbocycles. The number of hydrogen-bond donors (Lipinski definition) is 0. The Morgan fingerprint density at radius 2 is 2.23 bits per heavy atom. The summed E-state index contributed by atoms with van der Waals surface area (Å²) in [4.78, 5) is 5.13. The van der Waals surface area contributed by atoms with E-state index in [1.807, 2.05) is 45.0 Å². The lowest BCUT2D eigenvalue weighted by Crippen LogP contribution is -2.01. The van der Waals surface area contributed by atoms with E-state index in [1.165, 1.54) is 0 Å². The molecule has 0 heterocycles. The van der Waals surface area contributed by atoms with Crippen LogP contribution in [0.3, 0.4) is 0 Å². The maximum absolute atomic E-state index is 5.13. The van der Waals surface area contributed by atoms with E-state index in [0.717, 1.165) is 11.3 Å². The lowest BCUT2D eigenvalue weighted by Gasteiger charge is -2.03. The van der Waals surface area contributed by atoms with Crippen LogP contribution in [-0.2, 0) is 4.84 Å². The van der Waals surface area contributed by atoms with Crippen molar-refractivity contribution in [2.45, 2.75) is 26.9 Å². The topological polar surface area (TPSA) is 21.6 Å². The van der Waals surface area contributed by atoms with E-state index in [4.69, 9.17) is 4.84 Å². The Morgan fingerprint density at radius 3 is 2.77 bits per heavy atom. The van der Waals surface area contributed by atoms with Gasteiger partial charge in [-0.3, -0.25) is 0 Å². The van der Waals surface area contributed by atoms with Gasteiger partial charge in [0.05, 0.1) is 5.71 Å². The molecule has 1 rings (SSSR count). The first-order valence-electron chi connectivity index (χ1n) is 4.37. The first-order chi connectivity index (χ1) is 6.20. The summed E-state index contributed by atoms with van der Waals surface area (Å²) < 4.78 is 0. The summed E-state index contributed by atoms with van der Waals surface area (Å²) in [6, 6.07) is 10.8. The third-order valence-corrected chi connectivity index (χ3v) is 1.50. The second-order valence-electron chi connectivity index (χ2n) is 3.11. The quantitative estimate of drug-likeness (QED) is 0.512. The molecule has 1 aromatic rings. The fraction of sp³-hybridized carbons (Fsp3) is 0.364. The van der Waals surface area contributed by atoms with Gasteiger partial charge in [-0.1, -0.05) is 29.4 Å². The number of oxime groups is 1. The molecule has 0 atom stereocenters. The van der Waals surface area contributed by atoms with Crippen LogP contribution in [-0.4, -0.2) is 11.8 Å². The van der Waals surface area contributed by atoms with Gasteiger partial charge in [-0.05, 0) is 26.8 Å². The van der Waals surface area contributed by atoms with Crippen LogP contribution in [0.25, 0.3) is 0 Å². The minimum absolute atomic E-state index is 0.124. The Kier molecular flexibility index (Phi) is 3.50. The molecule has 13 heavy (non-hydrogen) atoms. The molecule has 0 saturated carbocycles. The maximum atomic E-state index is 5.13. The van der Waals surface area contributed by atoms with Crippen molar-refractivity contribution < 1.29 is 4.84 Å². The van der Waals surface area contributed by atoms with E-state index < -0.39 is 0 Å². The smallest absolute Gasteiger partial charge is 0.122 e. The molecular weight excluding hydrogens is 162 g/mol. The summed E-state index contributed by atoms with van der Waals surface area (Å²) >= 11 is 0. The molecule has 69 valence electrons. The van der Waals surface area contributed by atoms with E-state index in [1.54, 1.807) is 0 Å². The fourth-order valence-corrected chi connectivity index (χ4v) is 0.852. The van der Waals surface area contributed by atoms with Crippen molar-refractivity contribution in [2.24, 2.45) is 5.16 Å². The molecule has 0 aliphatic rings. The zero-order valence-corrected chi connectivity index (χ0v) is 8.24. The summed E-state index contributed by atoms with van der Waals surface area (Å²) in [6.45, 7) is 5.81. The van der Waals surface area contributed by atoms with Crippen LogP contribution < -0.4 is 0 Å². The Labute approximate surface area is 79.2 Å². The van der Waals surface area contributed by atoms with Gasteiger partial charge in [0.15, 0.2) is 0 Å². The molecule has 2 nitrogen and oxygen atoms in total. The predicted molar refractivity (Wildman–Crippen MR) is 53.7 cm³/mol. The van der Waals surface area contributed by atoms with Crippen LogP contribution in [0, 0.1) is 6.07 Å². The molecule has 0 saturated heterocycles. The molecule has 0 amide bonds. The lowest BCUT2D eigenvalue weighted by molar-refractivity contribution is 0.0860. The van der Waals surface area contributed by atoms with Gasteiger partial charge in [-0.2, -0.15) is 0 Å². The fourth-order valence-electron chi connectivity index (χ4n) is 0.852. The predicted octanol–water partition coefficient (Wildman–Crippen LogP) is 2.64. The van der Waals surface area contributed by atoms with Gasteiger partial charge in [0, 0.05) is 5.56 Å². The molecule has 2 heteroatoms. The molecule has 1 radical (unpaired) electrons. The van der Waals surface area contributed by atoms with Gasteiger partial charge in [0.25, 0.3) is 0 Å². The third-order valence-electron chi connectivity index (χ3n) is 1.50. The van der Waals surface area contributed by atoms with E-state index in [9.17, 15) is 0 Å². The summed E-state index contributed by atoms with van der Waals surface area (Å²) in [5.41, 5.74) is 1.83. The van der Waals surface area contributed by atoms with Crippen molar-refractivity contribution >= 4 is 5.71 Å². The highest BCUT2D eigenvalue weighted by atomic mass is 16.6. The van der Waals surface area contributed by atoms with Crippen molar-refractivity contribution in [3.05, 3.63) is 35.9 Å². The second kappa shape index (κ2) is 4.65. The molecule has 0 aromatic heterocycles. The highest BCUT2D eigenvalue weighted by Gasteiger charge is 1.97. The van der Waals surface area contributed by atoms with E-state index in [-0.39, 0.29) is 6.10 Å². The second-order valence-corrected chi connectivity index (χ2v) is 3.11. The van der Waals surface area contributed by atoms with Gasteiger partial charge >= 0.3 is 0 Å². The van der Waals surface area contributed by atoms with Gasteiger partial charge in [-0.15, -0.1) is 0 Å². The van der Waals surface area contributed by atoms with Crippen LogP contribution in [0.2, 0.25) is 0 Å². The van der Waals surface area contributed by atoms with Crippen molar-refractivity contribution in [2.75, 3.05) is 0 Å². The summed E-state index contributed by atoms with van der Waals surface area (Å²) in [5.74, 6) is 0. The van der Waals surface area contributed by atoms with Crippen molar-refractivity contribution in [1.29, 1.82) is 0 Å². The largest absolute Gasteiger partial charge is 0.393 e. The molecular formula is C11H14NO. The normalized spacial score (nSPS) is 11.8. The third kappa shape index (κ3) is 3.28. The van der Waals surface area contributed by atoms with Crippen molar-refractivity contribution in [3.63, 3.8) is 0 Å². The zero-order valence-electron chi connectivity index (χ0n) is 8.24. The van der Waals surface area contributed by atoms with Gasteiger partial charge in [-0.25, -0.2) is 0 Å². The van der Waals surface area contributed by atoms with Crippen LogP contribution in [0.5, 0.6) is 0 Å². The molecule has 0 aliphatic heterocycles. The first-order valence-corrected chi connectivity index (χ1v) is 4.37. The summed E-state index contributed by atoms with van der Waals surface area (Å²) in [6.07, 6.45) is 0.124. The van der Waals surface area contributed by atoms with Crippen LogP contribution in [0.4, 0.5) is 0 Å². The highest BCUT2D eigenvalue weighted by Crippen LogP contribution is 2.01. The number of nitrogens with zero attached hydrogens (tertiary/aromatic N) is 1.